The predicted molar refractivity (Wildman–Crippen MR) is 191 cm³/mol. The zero-order chi connectivity index (χ0) is 34.1. The largest absolute Gasteiger partial charge is 0.461 e. The molecule has 3 aromatic rings. The number of aromatic nitrogens is 2. The van der Waals surface area contributed by atoms with E-state index in [1.165, 1.54) is 22.9 Å². The van der Waals surface area contributed by atoms with Gasteiger partial charge in [0.15, 0.2) is 23.3 Å². The lowest BCUT2D eigenvalue weighted by molar-refractivity contribution is -0.688. The smallest absolute Gasteiger partial charge is 0.316 e. The number of benzene rings is 1. The molecule has 3 aliphatic carbocycles. The molecule has 48 heavy (non-hydrogen) atoms. The summed E-state index contributed by atoms with van der Waals surface area (Å²) in [5.74, 6) is 0.662. The lowest BCUT2D eigenvalue weighted by Gasteiger charge is -2.58. The molecule has 2 aromatic heterocycles. The zero-order valence-corrected chi connectivity index (χ0v) is 30.8. The second-order valence-electron chi connectivity index (χ2n) is 16.1. The molecule has 4 fully saturated rings. The number of pyridine rings is 1. The van der Waals surface area contributed by atoms with Crippen molar-refractivity contribution in [3.63, 3.8) is 0 Å². The first-order valence-electron chi connectivity index (χ1n) is 17.5. The van der Waals surface area contributed by atoms with Gasteiger partial charge >= 0.3 is 5.97 Å². The molecule has 1 aromatic carbocycles. The number of hydrogen-bond donors (Lipinski definition) is 0. The molecular formula is C40H49N2O4S2+. The minimum Gasteiger partial charge on any atom is -0.461 e. The van der Waals surface area contributed by atoms with E-state index in [1.807, 2.05) is 11.5 Å². The average Bonchev–Trinajstić information content (AvgIpc) is 3.37. The summed E-state index contributed by atoms with van der Waals surface area (Å²) in [6.07, 6.45) is 9.86. The van der Waals surface area contributed by atoms with E-state index in [0.717, 1.165) is 41.4 Å². The number of hydrogen-bond acceptors (Lipinski definition) is 7. The van der Waals surface area contributed by atoms with Gasteiger partial charge in [0, 0.05) is 52.8 Å². The van der Waals surface area contributed by atoms with Gasteiger partial charge in [-0.15, -0.1) is 17.9 Å². The van der Waals surface area contributed by atoms with Crippen LogP contribution in [0.15, 0.2) is 71.2 Å². The number of ketones is 1. The molecule has 1 saturated heterocycles. The maximum Gasteiger partial charge on any atom is 0.316 e. The zero-order valence-electron chi connectivity index (χ0n) is 29.2. The number of fused-ring (bicyclic) bond motifs is 1. The standard InChI is InChI=1S/C40H49N2O4S2/c1-8-40-21-32(38(7)25(2)13-17-39(26(3)35(40)46-40)18-14-31(43)34(38)39)45-33(44)24-48-36-41-30(23-47-36)28-15-19-42(20-16-28)22-27-9-11-29(12-10-27)37(4,5)6/h8-12,15-16,19-20,23,25-26,32,34-35H,1,13-14,17-18,21-22,24H2,2-7H3/q+1/t25-,26+,32-,34+,35+,38+,39?,40+/m1/s1. The first-order chi connectivity index (χ1) is 22.8. The summed E-state index contributed by atoms with van der Waals surface area (Å²) < 4.78 is 15.9. The number of rotatable bonds is 8. The van der Waals surface area contributed by atoms with Crippen molar-refractivity contribution >= 4 is 34.9 Å². The van der Waals surface area contributed by atoms with Crippen LogP contribution < -0.4 is 4.57 Å². The van der Waals surface area contributed by atoms with Crippen molar-refractivity contribution in [2.45, 2.75) is 108 Å². The van der Waals surface area contributed by atoms with Gasteiger partial charge in [0.2, 0.25) is 0 Å². The Labute approximate surface area is 293 Å². The number of ether oxygens (including phenoxy) is 2. The van der Waals surface area contributed by atoms with Crippen molar-refractivity contribution in [1.82, 2.24) is 4.98 Å². The van der Waals surface area contributed by atoms with E-state index >= 15 is 0 Å². The molecule has 7 rings (SSSR count). The highest BCUT2D eigenvalue weighted by Crippen LogP contribution is 2.70. The van der Waals surface area contributed by atoms with Crippen molar-refractivity contribution in [3.05, 3.63) is 78.0 Å². The molecule has 0 spiro atoms. The Morgan fingerprint density at radius 2 is 1.90 bits per heavy atom. The first-order valence-corrected chi connectivity index (χ1v) is 19.4. The molecule has 3 saturated carbocycles. The normalized spacial score (nSPS) is 34.0. The van der Waals surface area contributed by atoms with Gasteiger partial charge in [0.05, 0.1) is 17.6 Å². The molecule has 8 atom stereocenters. The van der Waals surface area contributed by atoms with E-state index in [0.29, 0.717) is 18.6 Å². The molecule has 254 valence electrons. The summed E-state index contributed by atoms with van der Waals surface area (Å²) in [6, 6.07) is 13.0. The fraction of sp³-hybridized carbons (Fsp3) is 0.550. The highest BCUT2D eigenvalue weighted by atomic mass is 32.2. The Bertz CT molecular complexity index is 1710. The summed E-state index contributed by atoms with van der Waals surface area (Å²) in [5.41, 5.74) is 3.66. The Balaban J connectivity index is 1.01. The molecule has 8 heteroatoms. The number of Topliss-reactive ketones (excluding diaryl/α,β-unsaturated/α-hetero) is 1. The summed E-state index contributed by atoms with van der Waals surface area (Å²) in [7, 11) is 0. The van der Waals surface area contributed by atoms with Crippen LogP contribution in [0.5, 0.6) is 0 Å². The van der Waals surface area contributed by atoms with Crippen LogP contribution in [-0.4, -0.2) is 40.3 Å². The molecule has 0 N–H and O–H groups in total. The van der Waals surface area contributed by atoms with Crippen LogP contribution in [0.4, 0.5) is 0 Å². The summed E-state index contributed by atoms with van der Waals surface area (Å²) in [4.78, 5) is 32.0. The quantitative estimate of drug-likeness (QED) is 0.0783. The number of esters is 1. The van der Waals surface area contributed by atoms with Crippen LogP contribution >= 0.6 is 23.1 Å². The van der Waals surface area contributed by atoms with Crippen molar-refractivity contribution in [3.8, 4) is 11.3 Å². The number of epoxide rings is 1. The lowest BCUT2D eigenvalue weighted by atomic mass is 9.45. The van der Waals surface area contributed by atoms with Crippen LogP contribution in [0.1, 0.15) is 84.8 Å². The monoisotopic (exact) mass is 685 g/mol. The molecule has 0 amide bonds. The highest BCUT2D eigenvalue weighted by molar-refractivity contribution is 8.01. The molecule has 1 unspecified atom stereocenters. The second-order valence-corrected chi connectivity index (χ2v) is 18.2. The van der Waals surface area contributed by atoms with E-state index in [2.05, 4.69) is 101 Å². The van der Waals surface area contributed by atoms with Gasteiger partial charge in [-0.1, -0.05) is 83.6 Å². The van der Waals surface area contributed by atoms with E-state index in [9.17, 15) is 9.59 Å². The molecule has 4 aliphatic rings. The third kappa shape index (κ3) is 5.69. The summed E-state index contributed by atoms with van der Waals surface area (Å²) in [5, 5.41) is 2.04. The van der Waals surface area contributed by atoms with Crippen LogP contribution in [0.2, 0.25) is 0 Å². The molecule has 3 heterocycles. The maximum absolute atomic E-state index is 13.6. The molecule has 0 radical (unpaired) electrons. The Kier molecular flexibility index (Phi) is 8.56. The van der Waals surface area contributed by atoms with Gasteiger partial charge in [-0.05, 0) is 47.5 Å². The van der Waals surface area contributed by atoms with Gasteiger partial charge in [-0.3, -0.25) is 9.59 Å². The Morgan fingerprint density at radius 1 is 1.17 bits per heavy atom. The lowest BCUT2D eigenvalue weighted by Crippen LogP contribution is -2.60. The number of carbonyl (C=O) groups excluding carboxylic acids is 2. The predicted octanol–water partition coefficient (Wildman–Crippen LogP) is 8.21. The van der Waals surface area contributed by atoms with Crippen LogP contribution in [0.25, 0.3) is 11.3 Å². The SMILES string of the molecule is C=C[C@]12C[C@@H](OC(=O)CSc3nc(-c4cc[n+](Cc5ccc(C(C)(C)C)cc5)cc4)cs3)[C@]3(C)[C@H](C)CCC4(CCC(=O)[C@H]43)[C@@H](C)[C@@H]1O2. The van der Waals surface area contributed by atoms with Crippen molar-refractivity contribution in [2.75, 3.05) is 5.75 Å². The van der Waals surface area contributed by atoms with Crippen molar-refractivity contribution < 1.29 is 23.6 Å². The van der Waals surface area contributed by atoms with Gasteiger partial charge in [-0.2, -0.15) is 0 Å². The van der Waals surface area contributed by atoms with Gasteiger partial charge in [0.25, 0.3) is 0 Å². The molecule has 2 bridgehead atoms. The van der Waals surface area contributed by atoms with E-state index in [-0.39, 0.29) is 46.4 Å². The highest BCUT2D eigenvalue weighted by Gasteiger charge is 2.73. The Morgan fingerprint density at radius 3 is 2.58 bits per heavy atom. The number of thioether (sulfide) groups is 1. The summed E-state index contributed by atoms with van der Waals surface area (Å²) >= 11 is 2.96. The first kappa shape index (κ1) is 33.7. The Hall–Kier alpha value is -2.81. The second kappa shape index (κ2) is 12.2. The van der Waals surface area contributed by atoms with Gasteiger partial charge in [-0.25, -0.2) is 9.55 Å². The third-order valence-corrected chi connectivity index (χ3v) is 14.6. The summed E-state index contributed by atoms with van der Waals surface area (Å²) in [6.45, 7) is 18.4. The maximum atomic E-state index is 13.6. The van der Waals surface area contributed by atoms with E-state index in [4.69, 9.17) is 14.5 Å². The van der Waals surface area contributed by atoms with E-state index in [1.54, 1.807) is 11.3 Å². The van der Waals surface area contributed by atoms with Crippen LogP contribution in [0, 0.1) is 28.6 Å². The topological polar surface area (TPSA) is 72.7 Å². The fourth-order valence-electron chi connectivity index (χ4n) is 9.45. The average molecular weight is 686 g/mol. The van der Waals surface area contributed by atoms with E-state index < -0.39 is 17.1 Å². The van der Waals surface area contributed by atoms with Crippen molar-refractivity contribution in [2.24, 2.45) is 28.6 Å². The van der Waals surface area contributed by atoms with Gasteiger partial charge < -0.3 is 9.47 Å². The number of thiazole rings is 1. The minimum atomic E-state index is -0.492. The molecular weight excluding hydrogens is 637 g/mol. The fourth-order valence-corrected chi connectivity index (χ4v) is 11.1. The molecule has 6 nitrogen and oxygen atoms in total. The minimum absolute atomic E-state index is 0.0260. The number of nitrogens with zero attached hydrogens (tertiary/aromatic N) is 2. The van der Waals surface area contributed by atoms with Crippen LogP contribution in [-0.2, 0) is 31.0 Å². The molecule has 1 aliphatic heterocycles. The van der Waals surface area contributed by atoms with Gasteiger partial charge in [0.1, 0.15) is 17.5 Å². The van der Waals surface area contributed by atoms with Crippen molar-refractivity contribution in [1.29, 1.82) is 0 Å². The third-order valence-electron chi connectivity index (χ3n) is 12.6. The number of carbonyl (C=O) groups is 2. The van der Waals surface area contributed by atoms with Crippen LogP contribution in [0.3, 0.4) is 0 Å².